The van der Waals surface area contributed by atoms with Gasteiger partial charge in [0.15, 0.2) is 0 Å². The first-order valence-corrected chi connectivity index (χ1v) is 6.82. The second-order valence-corrected chi connectivity index (χ2v) is 4.96. The third-order valence-electron chi connectivity index (χ3n) is 3.28. The van der Waals surface area contributed by atoms with Gasteiger partial charge in [0.25, 0.3) is 0 Å². The smallest absolute Gasteiger partial charge is 0.306 e. The number of hydrogen-bond donors (Lipinski definition) is 2. The van der Waals surface area contributed by atoms with Crippen molar-refractivity contribution in [1.82, 2.24) is 15.1 Å². The molecule has 8 nitrogen and oxygen atoms in total. The molecule has 112 valence electrons. The van der Waals surface area contributed by atoms with E-state index in [0.29, 0.717) is 12.6 Å². The van der Waals surface area contributed by atoms with Gasteiger partial charge in [0.05, 0.1) is 23.7 Å². The fourth-order valence-corrected chi connectivity index (χ4v) is 2.23. The molecule has 0 aromatic carbocycles. The molecule has 0 spiro atoms. The van der Waals surface area contributed by atoms with E-state index in [-0.39, 0.29) is 12.2 Å². The van der Waals surface area contributed by atoms with Gasteiger partial charge < -0.3 is 15.2 Å². The second-order valence-electron chi connectivity index (χ2n) is 4.96. The second kappa shape index (κ2) is 7.32. The maximum atomic E-state index is 10.5. The predicted octanol–water partition coefficient (Wildman–Crippen LogP) is 0.311. The number of aliphatic hydroxyl groups is 1. The third kappa shape index (κ3) is 4.55. The molecular formula is C12H20N4O4. The molecule has 1 saturated heterocycles. The Labute approximate surface area is 116 Å². The maximum absolute atomic E-state index is 10.5. The lowest BCUT2D eigenvalue weighted by atomic mass is 10.2. The van der Waals surface area contributed by atoms with Gasteiger partial charge in [0.1, 0.15) is 12.4 Å². The lowest BCUT2D eigenvalue weighted by Gasteiger charge is -2.13. The molecule has 8 heteroatoms. The van der Waals surface area contributed by atoms with Crippen molar-refractivity contribution in [2.75, 3.05) is 19.7 Å². The van der Waals surface area contributed by atoms with Crippen LogP contribution in [0.25, 0.3) is 0 Å². The highest BCUT2D eigenvalue weighted by molar-refractivity contribution is 5.20. The van der Waals surface area contributed by atoms with Gasteiger partial charge in [0.2, 0.25) is 0 Å². The monoisotopic (exact) mass is 284 g/mol. The van der Waals surface area contributed by atoms with Gasteiger partial charge in [-0.2, -0.15) is 5.10 Å². The highest BCUT2D eigenvalue weighted by Gasteiger charge is 2.15. The highest BCUT2D eigenvalue weighted by Crippen LogP contribution is 2.14. The molecule has 1 aromatic heterocycles. The quantitative estimate of drug-likeness (QED) is 0.404. The van der Waals surface area contributed by atoms with Crippen molar-refractivity contribution in [3.63, 3.8) is 0 Å². The number of rotatable bonds is 8. The van der Waals surface area contributed by atoms with Gasteiger partial charge in [-0.15, -0.1) is 0 Å². The minimum atomic E-state index is -0.626. The van der Waals surface area contributed by atoms with Crippen LogP contribution in [-0.2, 0) is 11.3 Å². The average Bonchev–Trinajstić information content (AvgIpc) is 3.05. The Morgan fingerprint density at radius 3 is 3.20 bits per heavy atom. The van der Waals surface area contributed by atoms with E-state index in [9.17, 15) is 15.2 Å². The summed E-state index contributed by atoms with van der Waals surface area (Å²) in [6.45, 7) is 2.31. The molecule has 2 N–H and O–H groups in total. The molecule has 2 heterocycles. The fraction of sp³-hybridized carbons (Fsp3) is 0.750. The number of hydrogen-bond acceptors (Lipinski definition) is 6. The van der Waals surface area contributed by atoms with Crippen LogP contribution in [0.15, 0.2) is 12.4 Å². The summed E-state index contributed by atoms with van der Waals surface area (Å²) < 4.78 is 6.88. The minimum absolute atomic E-state index is 0.0662. The Morgan fingerprint density at radius 2 is 2.55 bits per heavy atom. The van der Waals surface area contributed by atoms with Gasteiger partial charge in [-0.25, -0.2) is 0 Å². The van der Waals surface area contributed by atoms with Crippen LogP contribution in [0.2, 0.25) is 0 Å². The summed E-state index contributed by atoms with van der Waals surface area (Å²) in [7, 11) is 0. The summed E-state index contributed by atoms with van der Waals surface area (Å²) in [6, 6.07) is 0. The molecule has 2 rings (SSSR count). The topological polar surface area (TPSA) is 102 Å². The molecular weight excluding hydrogens is 264 g/mol. The van der Waals surface area contributed by atoms with Crippen molar-refractivity contribution in [2.45, 2.75) is 38.0 Å². The van der Waals surface area contributed by atoms with Crippen LogP contribution in [0.3, 0.4) is 0 Å². The molecule has 0 radical (unpaired) electrons. The highest BCUT2D eigenvalue weighted by atomic mass is 16.6. The predicted molar refractivity (Wildman–Crippen MR) is 71.3 cm³/mol. The molecule has 2 unspecified atom stereocenters. The summed E-state index contributed by atoms with van der Waals surface area (Å²) in [6.07, 6.45) is 5.40. The fourth-order valence-electron chi connectivity index (χ4n) is 2.23. The van der Waals surface area contributed by atoms with Gasteiger partial charge >= 0.3 is 5.69 Å². The zero-order chi connectivity index (χ0) is 14.4. The van der Waals surface area contributed by atoms with Crippen LogP contribution in [0, 0.1) is 10.1 Å². The first-order chi connectivity index (χ1) is 9.65. The van der Waals surface area contributed by atoms with Crippen molar-refractivity contribution >= 4 is 5.69 Å². The summed E-state index contributed by atoms with van der Waals surface area (Å²) in [4.78, 5) is 10.00. The van der Waals surface area contributed by atoms with Crippen LogP contribution in [0.4, 0.5) is 5.69 Å². The van der Waals surface area contributed by atoms with E-state index < -0.39 is 11.0 Å². The first kappa shape index (κ1) is 14.9. The molecule has 1 aromatic rings. The lowest BCUT2D eigenvalue weighted by Crippen LogP contribution is -2.32. The van der Waals surface area contributed by atoms with Crippen LogP contribution < -0.4 is 5.32 Å². The van der Waals surface area contributed by atoms with Crippen molar-refractivity contribution in [3.05, 3.63) is 22.5 Å². The van der Waals surface area contributed by atoms with Crippen LogP contribution in [0.1, 0.15) is 19.3 Å². The molecule has 20 heavy (non-hydrogen) atoms. The molecule has 1 fully saturated rings. The largest absolute Gasteiger partial charge is 0.390 e. The number of nitrogens with one attached hydrogen (secondary N) is 1. The molecule has 2 atom stereocenters. The van der Waals surface area contributed by atoms with Crippen LogP contribution in [-0.4, -0.2) is 51.7 Å². The Kier molecular flexibility index (Phi) is 5.45. The molecule has 0 bridgehead atoms. The number of aromatic nitrogens is 2. The summed E-state index contributed by atoms with van der Waals surface area (Å²) >= 11 is 0. The van der Waals surface area contributed by atoms with E-state index in [0.717, 1.165) is 32.4 Å². The van der Waals surface area contributed by atoms with Gasteiger partial charge in [-0.3, -0.25) is 14.8 Å². The van der Waals surface area contributed by atoms with Crippen molar-refractivity contribution in [2.24, 2.45) is 0 Å². The van der Waals surface area contributed by atoms with Crippen molar-refractivity contribution in [3.8, 4) is 0 Å². The number of nitrogens with zero attached hydrogens (tertiary/aromatic N) is 3. The Morgan fingerprint density at radius 1 is 1.70 bits per heavy atom. The van der Waals surface area contributed by atoms with Crippen LogP contribution in [0.5, 0.6) is 0 Å². The zero-order valence-electron chi connectivity index (χ0n) is 11.3. The summed E-state index contributed by atoms with van der Waals surface area (Å²) in [5.74, 6) is 0. The SMILES string of the molecule is O=[N+]([O-])c1cnn(CC(O)CNCCC2CCCO2)c1. The Bertz CT molecular complexity index is 431. The van der Waals surface area contributed by atoms with E-state index in [4.69, 9.17) is 4.74 Å². The maximum Gasteiger partial charge on any atom is 0.306 e. The Balaban J connectivity index is 1.61. The van der Waals surface area contributed by atoms with Crippen LogP contribution >= 0.6 is 0 Å². The minimum Gasteiger partial charge on any atom is -0.390 e. The Hall–Kier alpha value is -1.51. The standard InChI is InChI=1S/C12H20N4O4/c17-11(7-13-4-3-12-2-1-5-20-12)9-15-8-10(6-14-15)16(18)19/h6,8,11-13,17H,1-5,7,9H2. The molecule has 0 amide bonds. The summed E-state index contributed by atoms with van der Waals surface area (Å²) in [5, 5.41) is 27.3. The summed E-state index contributed by atoms with van der Waals surface area (Å²) in [5.41, 5.74) is -0.0662. The molecule has 1 aliphatic rings. The lowest BCUT2D eigenvalue weighted by molar-refractivity contribution is -0.385. The van der Waals surface area contributed by atoms with E-state index in [1.54, 1.807) is 0 Å². The van der Waals surface area contributed by atoms with Crippen molar-refractivity contribution < 1.29 is 14.8 Å². The van der Waals surface area contributed by atoms with E-state index in [1.807, 2.05) is 0 Å². The van der Waals surface area contributed by atoms with Crippen molar-refractivity contribution in [1.29, 1.82) is 0 Å². The van der Waals surface area contributed by atoms with E-state index in [2.05, 4.69) is 10.4 Å². The average molecular weight is 284 g/mol. The molecule has 1 aliphatic heterocycles. The third-order valence-corrected chi connectivity index (χ3v) is 3.28. The van der Waals surface area contributed by atoms with Gasteiger partial charge in [0, 0.05) is 13.2 Å². The van der Waals surface area contributed by atoms with Gasteiger partial charge in [-0.05, 0) is 25.8 Å². The number of ether oxygens (including phenoxy) is 1. The molecule has 0 aliphatic carbocycles. The van der Waals surface area contributed by atoms with E-state index in [1.165, 1.54) is 17.1 Å². The normalized spacial score (nSPS) is 20.1. The zero-order valence-corrected chi connectivity index (χ0v) is 11.3. The van der Waals surface area contributed by atoms with Gasteiger partial charge in [-0.1, -0.05) is 0 Å². The van der Waals surface area contributed by atoms with E-state index >= 15 is 0 Å². The first-order valence-electron chi connectivity index (χ1n) is 6.82. The molecule has 0 saturated carbocycles. The number of aliphatic hydroxyl groups excluding tert-OH is 1. The number of nitro groups is 1.